The second-order valence-corrected chi connectivity index (χ2v) is 7.27. The van der Waals surface area contributed by atoms with Crippen molar-refractivity contribution in [2.45, 2.75) is 83.4 Å². The minimum atomic E-state index is -0.413. The standard InChI is InChI=1S/C16H30N2O2/c1-16(2,3)20-15(19)17-13-10-11-18(12-13)14-8-6-4-5-7-9-14/h13-14H,4-12H2,1-3H3,(H,17,19). The third-order valence-electron chi connectivity index (χ3n) is 4.28. The van der Waals surface area contributed by atoms with Crippen LogP contribution in [-0.4, -0.2) is 41.8 Å². The molecule has 1 saturated heterocycles. The first-order valence-corrected chi connectivity index (χ1v) is 8.17. The van der Waals surface area contributed by atoms with E-state index in [9.17, 15) is 4.79 Å². The molecule has 0 radical (unpaired) electrons. The molecule has 1 aliphatic carbocycles. The Kier molecular flexibility index (Phi) is 5.30. The smallest absolute Gasteiger partial charge is 0.407 e. The van der Waals surface area contributed by atoms with Gasteiger partial charge >= 0.3 is 6.09 Å². The van der Waals surface area contributed by atoms with Crippen LogP contribution in [0.4, 0.5) is 4.79 Å². The summed E-state index contributed by atoms with van der Waals surface area (Å²) in [5, 5.41) is 3.02. The molecule has 0 aromatic rings. The van der Waals surface area contributed by atoms with Gasteiger partial charge in [-0.1, -0.05) is 25.7 Å². The summed E-state index contributed by atoms with van der Waals surface area (Å²) in [5.41, 5.74) is -0.413. The largest absolute Gasteiger partial charge is 0.444 e. The molecule has 1 unspecified atom stereocenters. The Morgan fingerprint density at radius 1 is 1.10 bits per heavy atom. The molecule has 116 valence electrons. The molecule has 2 rings (SSSR count). The number of nitrogens with zero attached hydrogens (tertiary/aromatic N) is 1. The minimum Gasteiger partial charge on any atom is -0.444 e. The monoisotopic (exact) mass is 282 g/mol. The van der Waals surface area contributed by atoms with Crippen LogP contribution in [-0.2, 0) is 4.74 Å². The quantitative estimate of drug-likeness (QED) is 0.790. The molecular formula is C16H30N2O2. The molecule has 1 saturated carbocycles. The molecule has 0 aromatic carbocycles. The van der Waals surface area contributed by atoms with Crippen LogP contribution in [0.15, 0.2) is 0 Å². The molecule has 1 heterocycles. The van der Waals surface area contributed by atoms with E-state index >= 15 is 0 Å². The average molecular weight is 282 g/mol. The molecule has 1 N–H and O–H groups in total. The van der Waals surface area contributed by atoms with Crippen molar-refractivity contribution in [1.29, 1.82) is 0 Å². The van der Waals surface area contributed by atoms with E-state index in [1.807, 2.05) is 20.8 Å². The number of alkyl carbamates (subject to hydrolysis) is 1. The maximum atomic E-state index is 11.8. The molecule has 1 aliphatic heterocycles. The van der Waals surface area contributed by atoms with Gasteiger partial charge in [-0.3, -0.25) is 4.90 Å². The molecule has 0 spiro atoms. The van der Waals surface area contributed by atoms with Gasteiger partial charge in [0.2, 0.25) is 0 Å². The number of hydrogen-bond donors (Lipinski definition) is 1. The summed E-state index contributed by atoms with van der Waals surface area (Å²) in [5.74, 6) is 0. The summed E-state index contributed by atoms with van der Waals surface area (Å²) in [6.45, 7) is 7.81. The Balaban J connectivity index is 1.75. The molecule has 0 bridgehead atoms. The van der Waals surface area contributed by atoms with Crippen LogP contribution in [0.1, 0.15) is 65.7 Å². The van der Waals surface area contributed by atoms with Gasteiger partial charge in [0.15, 0.2) is 0 Å². The van der Waals surface area contributed by atoms with Crippen LogP contribution >= 0.6 is 0 Å². The van der Waals surface area contributed by atoms with Gasteiger partial charge in [-0.05, 0) is 40.0 Å². The fourth-order valence-electron chi connectivity index (χ4n) is 3.33. The SMILES string of the molecule is CC(C)(C)OC(=O)NC1CCN(C2CCCCCC2)C1. The van der Waals surface area contributed by atoms with Gasteiger partial charge in [0.25, 0.3) is 0 Å². The van der Waals surface area contributed by atoms with Crippen molar-refractivity contribution in [1.82, 2.24) is 10.2 Å². The van der Waals surface area contributed by atoms with Crippen LogP contribution in [0.25, 0.3) is 0 Å². The fourth-order valence-corrected chi connectivity index (χ4v) is 3.33. The van der Waals surface area contributed by atoms with Crippen molar-refractivity contribution in [2.75, 3.05) is 13.1 Å². The van der Waals surface area contributed by atoms with E-state index in [0.717, 1.165) is 25.6 Å². The number of nitrogens with one attached hydrogen (secondary N) is 1. The summed E-state index contributed by atoms with van der Waals surface area (Å²) in [7, 11) is 0. The first-order valence-electron chi connectivity index (χ1n) is 8.17. The Bertz CT molecular complexity index is 317. The zero-order valence-corrected chi connectivity index (χ0v) is 13.3. The molecule has 2 aliphatic rings. The van der Waals surface area contributed by atoms with E-state index in [1.165, 1.54) is 38.5 Å². The van der Waals surface area contributed by atoms with Crippen LogP contribution < -0.4 is 5.32 Å². The molecule has 4 nitrogen and oxygen atoms in total. The third-order valence-corrected chi connectivity index (χ3v) is 4.28. The van der Waals surface area contributed by atoms with Gasteiger partial charge in [-0.25, -0.2) is 4.79 Å². The van der Waals surface area contributed by atoms with Crippen LogP contribution in [0.3, 0.4) is 0 Å². The van der Waals surface area contributed by atoms with E-state index < -0.39 is 5.60 Å². The lowest BCUT2D eigenvalue weighted by molar-refractivity contribution is 0.0504. The second kappa shape index (κ2) is 6.79. The summed E-state index contributed by atoms with van der Waals surface area (Å²) in [6, 6.07) is 0.996. The molecule has 2 fully saturated rings. The lowest BCUT2D eigenvalue weighted by Crippen LogP contribution is -2.42. The number of likely N-dealkylation sites (tertiary alicyclic amines) is 1. The lowest BCUT2D eigenvalue weighted by Gasteiger charge is -2.27. The normalized spacial score (nSPS) is 26.2. The zero-order chi connectivity index (χ0) is 14.6. The molecule has 1 atom stereocenters. The first kappa shape index (κ1) is 15.6. The first-order chi connectivity index (χ1) is 9.44. The Labute approximate surface area is 123 Å². The Morgan fingerprint density at radius 3 is 2.35 bits per heavy atom. The zero-order valence-electron chi connectivity index (χ0n) is 13.3. The maximum Gasteiger partial charge on any atom is 0.407 e. The number of hydrogen-bond acceptors (Lipinski definition) is 3. The summed E-state index contributed by atoms with van der Waals surface area (Å²) in [6.07, 6.45) is 8.96. The molecule has 4 heteroatoms. The number of carbonyl (C=O) groups excluding carboxylic acids is 1. The lowest BCUT2D eigenvalue weighted by atomic mass is 10.1. The van der Waals surface area contributed by atoms with Gasteiger partial charge in [-0.2, -0.15) is 0 Å². The number of ether oxygens (including phenoxy) is 1. The van der Waals surface area contributed by atoms with Gasteiger partial charge in [0, 0.05) is 25.2 Å². The second-order valence-electron chi connectivity index (χ2n) is 7.27. The van der Waals surface area contributed by atoms with Crippen LogP contribution in [0.2, 0.25) is 0 Å². The van der Waals surface area contributed by atoms with Crippen molar-refractivity contribution in [3.63, 3.8) is 0 Å². The summed E-state index contributed by atoms with van der Waals surface area (Å²) in [4.78, 5) is 14.4. The van der Waals surface area contributed by atoms with Crippen molar-refractivity contribution >= 4 is 6.09 Å². The van der Waals surface area contributed by atoms with Crippen molar-refractivity contribution in [3.05, 3.63) is 0 Å². The van der Waals surface area contributed by atoms with Gasteiger partial charge < -0.3 is 10.1 Å². The highest BCUT2D eigenvalue weighted by Gasteiger charge is 2.30. The van der Waals surface area contributed by atoms with Gasteiger partial charge in [-0.15, -0.1) is 0 Å². The predicted molar refractivity (Wildman–Crippen MR) is 80.8 cm³/mol. The highest BCUT2D eigenvalue weighted by molar-refractivity contribution is 5.68. The molecule has 0 aromatic heterocycles. The maximum absolute atomic E-state index is 11.8. The summed E-state index contributed by atoms with van der Waals surface area (Å²) < 4.78 is 5.33. The minimum absolute atomic E-state index is 0.258. The Hall–Kier alpha value is -0.770. The van der Waals surface area contributed by atoms with Crippen molar-refractivity contribution in [2.24, 2.45) is 0 Å². The number of rotatable bonds is 2. The number of carbonyl (C=O) groups is 1. The van der Waals surface area contributed by atoms with E-state index in [-0.39, 0.29) is 12.1 Å². The Morgan fingerprint density at radius 2 is 1.75 bits per heavy atom. The topological polar surface area (TPSA) is 41.6 Å². The number of amides is 1. The van der Waals surface area contributed by atoms with Gasteiger partial charge in [0.05, 0.1) is 0 Å². The molecule has 20 heavy (non-hydrogen) atoms. The van der Waals surface area contributed by atoms with E-state index in [2.05, 4.69) is 10.2 Å². The molecule has 1 amide bonds. The van der Waals surface area contributed by atoms with Crippen molar-refractivity contribution < 1.29 is 9.53 Å². The average Bonchev–Trinajstić information content (AvgIpc) is 2.61. The summed E-state index contributed by atoms with van der Waals surface area (Å²) >= 11 is 0. The van der Waals surface area contributed by atoms with Crippen LogP contribution in [0, 0.1) is 0 Å². The fraction of sp³-hybridized carbons (Fsp3) is 0.938. The van der Waals surface area contributed by atoms with Gasteiger partial charge in [0.1, 0.15) is 5.60 Å². The third kappa shape index (κ3) is 4.97. The highest BCUT2D eigenvalue weighted by atomic mass is 16.6. The van der Waals surface area contributed by atoms with E-state index in [1.54, 1.807) is 0 Å². The highest BCUT2D eigenvalue weighted by Crippen LogP contribution is 2.25. The van der Waals surface area contributed by atoms with E-state index in [0.29, 0.717) is 0 Å². The van der Waals surface area contributed by atoms with E-state index in [4.69, 9.17) is 4.74 Å². The van der Waals surface area contributed by atoms with Crippen molar-refractivity contribution in [3.8, 4) is 0 Å². The van der Waals surface area contributed by atoms with Crippen LogP contribution in [0.5, 0.6) is 0 Å². The molecular weight excluding hydrogens is 252 g/mol. The predicted octanol–water partition coefficient (Wildman–Crippen LogP) is 3.31.